The second kappa shape index (κ2) is 53.8. The fourth-order valence-corrected chi connectivity index (χ4v) is 9.40. The monoisotopic (exact) mass is 1040 g/mol. The van der Waals surface area contributed by atoms with Crippen LogP contribution in [0.25, 0.3) is 0 Å². The number of hydrogen-bond donors (Lipinski definition) is 6. The van der Waals surface area contributed by atoms with E-state index >= 15 is 0 Å². The summed E-state index contributed by atoms with van der Waals surface area (Å²) in [6.45, 7) is 3.68. The van der Waals surface area contributed by atoms with Gasteiger partial charge in [-0.2, -0.15) is 0 Å². The normalized spacial score (nSPS) is 19.6. The first-order valence-electron chi connectivity index (χ1n) is 30.8. The molecule has 1 rings (SSSR count). The number of allylic oxidation sites excluding steroid dienone is 13. The molecule has 0 radical (unpaired) electrons. The van der Waals surface area contributed by atoms with Gasteiger partial charge in [0.2, 0.25) is 5.91 Å². The Balaban J connectivity index is 2.21. The lowest BCUT2D eigenvalue weighted by Crippen LogP contribution is -2.60. The topological polar surface area (TPSA) is 149 Å². The Morgan fingerprint density at radius 1 is 0.473 bits per heavy atom. The lowest BCUT2D eigenvalue weighted by atomic mass is 9.99. The van der Waals surface area contributed by atoms with Crippen molar-refractivity contribution in [2.75, 3.05) is 13.2 Å². The van der Waals surface area contributed by atoms with Crippen molar-refractivity contribution in [3.05, 3.63) is 85.1 Å². The van der Waals surface area contributed by atoms with E-state index in [2.05, 4.69) is 92.1 Å². The van der Waals surface area contributed by atoms with Crippen molar-refractivity contribution in [1.82, 2.24) is 5.32 Å². The van der Waals surface area contributed by atoms with Gasteiger partial charge in [0, 0.05) is 6.42 Å². The fraction of sp³-hybridized carbons (Fsp3) is 0.769. The van der Waals surface area contributed by atoms with Crippen molar-refractivity contribution in [1.29, 1.82) is 0 Å². The largest absolute Gasteiger partial charge is 0.394 e. The van der Waals surface area contributed by atoms with Crippen molar-refractivity contribution in [2.24, 2.45) is 0 Å². The average Bonchev–Trinajstić information content (AvgIpc) is 3.40. The molecule has 6 N–H and O–H groups in total. The molecule has 0 aromatic carbocycles. The van der Waals surface area contributed by atoms with Crippen LogP contribution >= 0.6 is 0 Å². The summed E-state index contributed by atoms with van der Waals surface area (Å²) in [4.78, 5) is 13.1. The van der Waals surface area contributed by atoms with Gasteiger partial charge in [-0.1, -0.05) is 272 Å². The van der Waals surface area contributed by atoms with E-state index in [4.69, 9.17) is 9.47 Å². The van der Waals surface area contributed by atoms with Crippen LogP contribution in [-0.2, 0) is 14.3 Å². The van der Waals surface area contributed by atoms with E-state index in [1.54, 1.807) is 6.08 Å². The van der Waals surface area contributed by atoms with Gasteiger partial charge in [0.05, 0.1) is 25.4 Å². The van der Waals surface area contributed by atoms with Crippen LogP contribution in [-0.4, -0.2) is 87.5 Å². The number of carbonyl (C=O) groups is 1. The summed E-state index contributed by atoms with van der Waals surface area (Å²) in [6.07, 6.45) is 69.3. The number of nitrogens with one attached hydrogen (secondary N) is 1. The van der Waals surface area contributed by atoms with Gasteiger partial charge in [0.1, 0.15) is 24.4 Å². The molecule has 9 nitrogen and oxygen atoms in total. The van der Waals surface area contributed by atoms with Crippen LogP contribution in [0.5, 0.6) is 0 Å². The average molecular weight is 1040 g/mol. The van der Waals surface area contributed by atoms with Crippen LogP contribution in [0.15, 0.2) is 85.1 Å². The fourth-order valence-electron chi connectivity index (χ4n) is 9.40. The Bertz CT molecular complexity index is 1440. The zero-order valence-electron chi connectivity index (χ0n) is 47.6. The van der Waals surface area contributed by atoms with Crippen molar-refractivity contribution in [3.63, 3.8) is 0 Å². The van der Waals surface area contributed by atoms with Gasteiger partial charge in [-0.25, -0.2) is 0 Å². The zero-order chi connectivity index (χ0) is 53.6. The second-order valence-corrected chi connectivity index (χ2v) is 21.1. The van der Waals surface area contributed by atoms with E-state index in [9.17, 15) is 30.3 Å². The van der Waals surface area contributed by atoms with E-state index < -0.39 is 49.5 Å². The third-order valence-corrected chi connectivity index (χ3v) is 14.2. The first-order chi connectivity index (χ1) is 36.3. The van der Waals surface area contributed by atoms with Crippen LogP contribution in [0.1, 0.15) is 264 Å². The van der Waals surface area contributed by atoms with Crippen molar-refractivity contribution >= 4 is 5.91 Å². The Labute approximate surface area is 454 Å². The molecule has 1 fully saturated rings. The molecule has 1 saturated heterocycles. The molecule has 428 valence electrons. The minimum Gasteiger partial charge on any atom is -0.394 e. The van der Waals surface area contributed by atoms with Gasteiger partial charge in [-0.3, -0.25) is 4.79 Å². The summed E-state index contributed by atoms with van der Waals surface area (Å²) < 4.78 is 11.3. The third-order valence-electron chi connectivity index (χ3n) is 14.2. The molecule has 0 aromatic heterocycles. The van der Waals surface area contributed by atoms with E-state index in [-0.39, 0.29) is 12.5 Å². The maximum Gasteiger partial charge on any atom is 0.220 e. The SMILES string of the molecule is CC/C=C\C/C=C\C/C=C\C/C=C\C/C=C\C/C=C\CCCCCCCCCCCCC(=O)NC(COC1OC(CO)C(O)C(O)C1O)C(O)/C=C/CCCCCCCCCCCCCCCCCCCCCC. The van der Waals surface area contributed by atoms with Gasteiger partial charge < -0.3 is 40.3 Å². The smallest absolute Gasteiger partial charge is 0.220 e. The van der Waals surface area contributed by atoms with E-state index in [0.717, 1.165) is 83.5 Å². The van der Waals surface area contributed by atoms with Crippen LogP contribution in [0, 0.1) is 0 Å². The number of aliphatic hydroxyl groups excluding tert-OH is 5. The molecule has 7 unspecified atom stereocenters. The Morgan fingerprint density at radius 2 is 0.838 bits per heavy atom. The molecule has 1 aliphatic heterocycles. The number of rotatable bonds is 52. The molecule has 0 aliphatic carbocycles. The highest BCUT2D eigenvalue weighted by Crippen LogP contribution is 2.23. The van der Waals surface area contributed by atoms with Crippen molar-refractivity contribution in [3.8, 4) is 0 Å². The second-order valence-electron chi connectivity index (χ2n) is 21.1. The van der Waals surface area contributed by atoms with Crippen LogP contribution in [0.2, 0.25) is 0 Å². The Hall–Kier alpha value is -2.63. The first kappa shape index (κ1) is 69.4. The van der Waals surface area contributed by atoms with Gasteiger partial charge in [-0.05, 0) is 70.6 Å². The van der Waals surface area contributed by atoms with Crippen molar-refractivity contribution < 1.29 is 39.8 Å². The standard InChI is InChI=1S/C65H115NO8/c1-3-5-7-9-11-13-15-17-19-21-23-25-27-28-29-30-31-32-33-35-37-39-41-43-45-47-49-51-53-55-61(69)66-58(57-73-65-64(72)63(71)62(70)60(56-67)74-65)59(68)54-52-50-48-46-44-42-40-38-36-34-26-24-22-20-18-16-14-12-10-8-6-4-2/h5,7,11,13,17,19,23,25,28-29,31-32,52,54,58-60,62-65,67-68,70-72H,3-4,6,8-10,12,14-16,18,20-22,24,26-27,30,33-51,53,55-57H2,1-2H3,(H,66,69)/b7-5-,13-11-,19-17-,25-23-,29-28-,32-31-,54-52+. The van der Waals surface area contributed by atoms with Crippen LogP contribution in [0.4, 0.5) is 0 Å². The summed E-state index contributed by atoms with van der Waals surface area (Å²) in [6, 6.07) is -0.813. The summed E-state index contributed by atoms with van der Waals surface area (Å²) in [5.74, 6) is -0.182. The van der Waals surface area contributed by atoms with Gasteiger partial charge in [0.15, 0.2) is 6.29 Å². The molecule has 0 bridgehead atoms. The maximum absolute atomic E-state index is 13.1. The summed E-state index contributed by atoms with van der Waals surface area (Å²) >= 11 is 0. The number of carbonyl (C=O) groups excluding carboxylic acids is 1. The third kappa shape index (κ3) is 42.5. The number of aliphatic hydroxyl groups is 5. The quantitative estimate of drug-likeness (QED) is 0.0261. The molecule has 0 aromatic rings. The molecular weight excluding hydrogens is 923 g/mol. The van der Waals surface area contributed by atoms with Crippen LogP contribution in [0.3, 0.4) is 0 Å². The number of amides is 1. The van der Waals surface area contributed by atoms with Crippen LogP contribution < -0.4 is 5.32 Å². The van der Waals surface area contributed by atoms with E-state index in [1.807, 2.05) is 6.08 Å². The molecular formula is C65H115NO8. The molecule has 0 spiro atoms. The van der Waals surface area contributed by atoms with Gasteiger partial charge in [-0.15, -0.1) is 0 Å². The minimum absolute atomic E-state index is 0.182. The Kier molecular flexibility index (Phi) is 50.4. The molecule has 0 saturated carbocycles. The molecule has 1 amide bonds. The van der Waals surface area contributed by atoms with E-state index in [1.165, 1.54) is 161 Å². The zero-order valence-corrected chi connectivity index (χ0v) is 47.6. The number of unbranched alkanes of at least 4 members (excludes halogenated alkanes) is 30. The molecule has 74 heavy (non-hydrogen) atoms. The predicted molar refractivity (Wildman–Crippen MR) is 313 cm³/mol. The molecule has 9 heteroatoms. The number of ether oxygens (including phenoxy) is 2. The number of hydrogen-bond acceptors (Lipinski definition) is 8. The predicted octanol–water partition coefficient (Wildman–Crippen LogP) is 15.8. The van der Waals surface area contributed by atoms with E-state index in [0.29, 0.717) is 6.42 Å². The highest BCUT2D eigenvalue weighted by Gasteiger charge is 2.44. The lowest BCUT2D eigenvalue weighted by molar-refractivity contribution is -0.302. The molecule has 1 aliphatic rings. The van der Waals surface area contributed by atoms with Crippen molar-refractivity contribution in [2.45, 2.75) is 307 Å². The Morgan fingerprint density at radius 3 is 1.24 bits per heavy atom. The highest BCUT2D eigenvalue weighted by atomic mass is 16.7. The van der Waals surface area contributed by atoms with Gasteiger partial charge in [0.25, 0.3) is 0 Å². The summed E-state index contributed by atoms with van der Waals surface area (Å²) in [7, 11) is 0. The first-order valence-corrected chi connectivity index (χ1v) is 30.8. The minimum atomic E-state index is -1.57. The van der Waals surface area contributed by atoms with Gasteiger partial charge >= 0.3 is 0 Å². The molecule has 7 atom stereocenters. The molecule has 1 heterocycles. The lowest BCUT2D eigenvalue weighted by Gasteiger charge is -2.40. The summed E-state index contributed by atoms with van der Waals surface area (Å²) in [5, 5.41) is 54.6. The maximum atomic E-state index is 13.1. The summed E-state index contributed by atoms with van der Waals surface area (Å²) in [5.41, 5.74) is 0. The highest BCUT2D eigenvalue weighted by molar-refractivity contribution is 5.76.